The van der Waals surface area contributed by atoms with Crippen molar-refractivity contribution in [2.45, 2.75) is 26.4 Å². The van der Waals surface area contributed by atoms with Gasteiger partial charge in [0.05, 0.1) is 47.7 Å². The number of urea groups is 1. The van der Waals surface area contributed by atoms with Crippen LogP contribution in [0.1, 0.15) is 13.8 Å². The van der Waals surface area contributed by atoms with E-state index in [0.717, 1.165) is 0 Å². The molecule has 2 aromatic rings. The second kappa shape index (κ2) is 7.17. The molecule has 2 N–H and O–H groups in total. The second-order valence-corrected chi connectivity index (χ2v) is 6.21. The molecule has 1 atom stereocenters. The first kappa shape index (κ1) is 17.9. The quantitative estimate of drug-likeness (QED) is 0.788. The second-order valence-electron chi connectivity index (χ2n) is 5.77. The molecule has 2 heterocycles. The average molecular weight is 377 g/mol. The monoisotopic (exact) mass is 376 g/mol. The van der Waals surface area contributed by atoms with Crippen molar-refractivity contribution in [1.29, 1.82) is 0 Å². The van der Waals surface area contributed by atoms with Crippen LogP contribution in [0.5, 0.6) is 0 Å². The van der Waals surface area contributed by atoms with E-state index in [1.54, 1.807) is 26.0 Å². The zero-order valence-corrected chi connectivity index (χ0v) is 15.0. The topological polar surface area (TPSA) is 102 Å². The molecule has 0 spiro atoms. The van der Waals surface area contributed by atoms with Gasteiger partial charge in [-0.25, -0.2) is 14.6 Å². The van der Waals surface area contributed by atoms with Gasteiger partial charge in [-0.05, 0) is 32.0 Å². The number of ether oxygens (including phenoxy) is 1. The van der Waals surface area contributed by atoms with E-state index in [1.807, 2.05) is 0 Å². The summed E-state index contributed by atoms with van der Waals surface area (Å²) in [6.07, 6.45) is 1.37. The largest absolute Gasteiger partial charge is 0.463 e. The zero-order valence-electron chi connectivity index (χ0n) is 14.2. The highest BCUT2D eigenvalue weighted by Gasteiger charge is 2.30. The lowest BCUT2D eigenvalue weighted by molar-refractivity contribution is -0.139. The maximum absolute atomic E-state index is 12.7. The van der Waals surface area contributed by atoms with E-state index in [1.165, 1.54) is 17.0 Å². The highest BCUT2D eigenvalue weighted by Crippen LogP contribution is 2.17. The summed E-state index contributed by atoms with van der Waals surface area (Å²) >= 11 is 5.96. The SMILES string of the molecule is CCOC(=O)C1=C(Cn2cnc3ccc(Cl)cc3c2=O)NC(=O)N[C@@H]1C. The summed E-state index contributed by atoms with van der Waals surface area (Å²) < 4.78 is 6.37. The minimum Gasteiger partial charge on any atom is -0.463 e. The molecule has 9 heteroatoms. The molecule has 1 aromatic carbocycles. The summed E-state index contributed by atoms with van der Waals surface area (Å²) in [6.45, 7) is 3.54. The maximum Gasteiger partial charge on any atom is 0.337 e. The molecule has 0 bridgehead atoms. The highest BCUT2D eigenvalue weighted by molar-refractivity contribution is 6.31. The van der Waals surface area contributed by atoms with Crippen LogP contribution in [0, 0.1) is 0 Å². The number of nitrogens with zero attached hydrogens (tertiary/aromatic N) is 2. The van der Waals surface area contributed by atoms with Crippen LogP contribution in [0.2, 0.25) is 5.02 Å². The van der Waals surface area contributed by atoms with Gasteiger partial charge >= 0.3 is 12.0 Å². The third kappa shape index (κ3) is 3.41. The third-order valence-electron chi connectivity index (χ3n) is 3.98. The van der Waals surface area contributed by atoms with E-state index in [-0.39, 0.29) is 24.3 Å². The third-order valence-corrected chi connectivity index (χ3v) is 4.22. The first-order chi connectivity index (χ1) is 12.4. The molecule has 0 radical (unpaired) electrons. The Kier molecular flexibility index (Phi) is 4.94. The number of nitrogens with one attached hydrogen (secondary N) is 2. The molecule has 0 aliphatic carbocycles. The summed E-state index contributed by atoms with van der Waals surface area (Å²) in [7, 11) is 0. The van der Waals surface area contributed by atoms with Gasteiger partial charge in [0.2, 0.25) is 0 Å². The van der Waals surface area contributed by atoms with Crippen LogP contribution >= 0.6 is 11.6 Å². The highest BCUT2D eigenvalue weighted by atomic mass is 35.5. The van der Waals surface area contributed by atoms with E-state index < -0.39 is 18.0 Å². The van der Waals surface area contributed by atoms with Gasteiger partial charge in [0.1, 0.15) is 0 Å². The number of rotatable bonds is 4. The smallest absolute Gasteiger partial charge is 0.337 e. The van der Waals surface area contributed by atoms with Crippen molar-refractivity contribution in [2.24, 2.45) is 0 Å². The van der Waals surface area contributed by atoms with E-state index in [0.29, 0.717) is 21.6 Å². The summed E-state index contributed by atoms with van der Waals surface area (Å²) in [5, 5.41) is 5.97. The number of carbonyl (C=O) groups excluding carboxylic acids is 2. The summed E-state index contributed by atoms with van der Waals surface area (Å²) in [5.74, 6) is -0.549. The fourth-order valence-corrected chi connectivity index (χ4v) is 2.99. The van der Waals surface area contributed by atoms with Crippen LogP contribution in [-0.2, 0) is 16.1 Å². The van der Waals surface area contributed by atoms with Crippen molar-refractivity contribution in [3.05, 3.63) is 51.2 Å². The van der Waals surface area contributed by atoms with Crippen LogP contribution in [0.4, 0.5) is 4.79 Å². The predicted octanol–water partition coefficient (Wildman–Crippen LogP) is 1.57. The van der Waals surface area contributed by atoms with Crippen LogP contribution in [0.25, 0.3) is 10.9 Å². The van der Waals surface area contributed by atoms with Crippen LogP contribution < -0.4 is 16.2 Å². The van der Waals surface area contributed by atoms with Crippen LogP contribution in [0.15, 0.2) is 40.6 Å². The first-order valence-electron chi connectivity index (χ1n) is 8.03. The van der Waals surface area contributed by atoms with Gasteiger partial charge in [0.15, 0.2) is 0 Å². The van der Waals surface area contributed by atoms with Crippen molar-refractivity contribution >= 4 is 34.5 Å². The Labute approximate surface area is 153 Å². The Morgan fingerprint density at radius 3 is 2.88 bits per heavy atom. The number of amides is 2. The zero-order chi connectivity index (χ0) is 18.8. The maximum atomic E-state index is 12.7. The van der Waals surface area contributed by atoms with Gasteiger partial charge < -0.3 is 15.4 Å². The van der Waals surface area contributed by atoms with Crippen LogP contribution in [-0.4, -0.2) is 34.2 Å². The van der Waals surface area contributed by atoms with Gasteiger partial charge in [0, 0.05) is 5.02 Å². The summed E-state index contributed by atoms with van der Waals surface area (Å²) in [5.41, 5.74) is 0.751. The predicted molar refractivity (Wildman–Crippen MR) is 95.8 cm³/mol. The minimum absolute atomic E-state index is 0.0276. The number of halogens is 1. The Morgan fingerprint density at radius 2 is 2.15 bits per heavy atom. The number of esters is 1. The lowest BCUT2D eigenvalue weighted by Gasteiger charge is -2.26. The molecule has 8 nitrogen and oxygen atoms in total. The molecule has 1 aromatic heterocycles. The molecule has 0 saturated carbocycles. The van der Waals surface area contributed by atoms with Gasteiger partial charge in [-0.2, -0.15) is 0 Å². The van der Waals surface area contributed by atoms with E-state index >= 15 is 0 Å². The number of fused-ring (bicyclic) bond motifs is 1. The molecule has 0 saturated heterocycles. The van der Waals surface area contributed by atoms with Crippen molar-refractivity contribution in [1.82, 2.24) is 20.2 Å². The normalized spacial score (nSPS) is 17.0. The standard InChI is InChI=1S/C17H17ClN4O4/c1-3-26-16(24)14-9(2)20-17(25)21-13(14)7-22-8-19-12-5-4-10(18)6-11(12)15(22)23/h4-6,8-9H,3,7H2,1-2H3,(H2,20,21,25)/t9-/m1/s1. The molecule has 1 aliphatic heterocycles. The number of benzene rings is 1. The Bertz CT molecular complexity index is 982. The van der Waals surface area contributed by atoms with Crippen molar-refractivity contribution < 1.29 is 14.3 Å². The molecule has 2 amide bonds. The first-order valence-corrected chi connectivity index (χ1v) is 8.41. The van der Waals surface area contributed by atoms with Gasteiger partial charge in [-0.15, -0.1) is 0 Å². The molecule has 136 valence electrons. The van der Waals surface area contributed by atoms with Crippen LogP contribution in [0.3, 0.4) is 0 Å². The van der Waals surface area contributed by atoms with E-state index in [9.17, 15) is 14.4 Å². The number of carbonyl (C=O) groups is 2. The Hall–Kier alpha value is -2.87. The fourth-order valence-electron chi connectivity index (χ4n) is 2.82. The fraction of sp³-hybridized carbons (Fsp3) is 0.294. The molecule has 1 aliphatic rings. The molecule has 0 unspecified atom stereocenters. The molecule has 3 rings (SSSR count). The van der Waals surface area contributed by atoms with E-state index in [2.05, 4.69) is 15.6 Å². The molecular weight excluding hydrogens is 360 g/mol. The Balaban J connectivity index is 2.07. The Morgan fingerprint density at radius 1 is 1.38 bits per heavy atom. The lowest BCUT2D eigenvalue weighted by Crippen LogP contribution is -2.50. The lowest BCUT2D eigenvalue weighted by atomic mass is 10.0. The van der Waals surface area contributed by atoms with Gasteiger partial charge in [0.25, 0.3) is 5.56 Å². The van der Waals surface area contributed by atoms with Gasteiger partial charge in [-0.1, -0.05) is 11.6 Å². The van der Waals surface area contributed by atoms with Crippen molar-refractivity contribution in [2.75, 3.05) is 6.61 Å². The number of aromatic nitrogens is 2. The summed E-state index contributed by atoms with van der Waals surface area (Å²) in [6, 6.07) is 3.84. The van der Waals surface area contributed by atoms with Gasteiger partial charge in [-0.3, -0.25) is 9.36 Å². The summed E-state index contributed by atoms with van der Waals surface area (Å²) in [4.78, 5) is 41.0. The number of hydrogen-bond donors (Lipinski definition) is 2. The van der Waals surface area contributed by atoms with E-state index in [4.69, 9.17) is 16.3 Å². The average Bonchev–Trinajstić information content (AvgIpc) is 2.57. The molecule has 0 fully saturated rings. The molecular formula is C17H17ClN4O4. The number of hydrogen-bond acceptors (Lipinski definition) is 5. The molecule has 26 heavy (non-hydrogen) atoms. The number of allylic oxidation sites excluding steroid dienone is 1. The minimum atomic E-state index is -0.549. The van der Waals surface area contributed by atoms with Crippen molar-refractivity contribution in [3.63, 3.8) is 0 Å². The van der Waals surface area contributed by atoms with Crippen molar-refractivity contribution in [3.8, 4) is 0 Å².